The van der Waals surface area contributed by atoms with Gasteiger partial charge < -0.3 is 15.4 Å². The third kappa shape index (κ3) is 7.03. The molecule has 0 aromatic heterocycles. The number of ether oxygens (including phenoxy) is 1. The molecule has 2 N–H and O–H groups in total. The van der Waals surface area contributed by atoms with Crippen LogP contribution >= 0.6 is 23.2 Å². The fourth-order valence-electron chi connectivity index (χ4n) is 2.02. The van der Waals surface area contributed by atoms with Crippen molar-refractivity contribution in [2.24, 2.45) is 0 Å². The summed E-state index contributed by atoms with van der Waals surface area (Å²) in [4.78, 5) is 23.4. The highest BCUT2D eigenvalue weighted by atomic mass is 35.5. The first-order valence-corrected chi connectivity index (χ1v) is 8.49. The predicted octanol–water partition coefficient (Wildman–Crippen LogP) is 4.64. The molecule has 0 fully saturated rings. The first-order valence-electron chi connectivity index (χ1n) is 7.74. The molecule has 0 aliphatic rings. The Hall–Kier alpha value is -2.24. The van der Waals surface area contributed by atoms with Gasteiger partial charge in [0.15, 0.2) is 0 Å². The molecule has 2 rings (SSSR count). The third-order valence-corrected chi connectivity index (χ3v) is 3.83. The van der Waals surface area contributed by atoms with E-state index in [4.69, 9.17) is 27.9 Å². The van der Waals surface area contributed by atoms with E-state index < -0.39 is 6.09 Å². The van der Waals surface area contributed by atoms with E-state index in [-0.39, 0.29) is 18.9 Å². The van der Waals surface area contributed by atoms with Crippen LogP contribution in [0.15, 0.2) is 48.5 Å². The number of nitrogens with one attached hydrogen (secondary N) is 2. The fourth-order valence-corrected chi connectivity index (χ4v) is 2.36. The second-order valence-electron chi connectivity index (χ2n) is 5.26. The Labute approximate surface area is 156 Å². The number of alkyl carbamates (subject to hydrolysis) is 1. The number of benzene rings is 2. The summed E-state index contributed by atoms with van der Waals surface area (Å²) in [6, 6.07) is 14.2. The molecule has 25 heavy (non-hydrogen) atoms. The third-order valence-electron chi connectivity index (χ3n) is 3.27. The van der Waals surface area contributed by atoms with Gasteiger partial charge in [-0.1, -0.05) is 53.5 Å². The van der Waals surface area contributed by atoms with Gasteiger partial charge in [-0.05, 0) is 30.2 Å². The molecular formula is C18H18Cl2N2O3. The van der Waals surface area contributed by atoms with Crippen molar-refractivity contribution in [2.45, 2.75) is 19.4 Å². The Bertz CT molecular complexity index is 724. The van der Waals surface area contributed by atoms with Gasteiger partial charge in [-0.15, -0.1) is 0 Å². The maximum Gasteiger partial charge on any atom is 0.407 e. The van der Waals surface area contributed by atoms with Crippen molar-refractivity contribution in [3.05, 3.63) is 64.1 Å². The smallest absolute Gasteiger partial charge is 0.407 e. The number of hydrogen-bond acceptors (Lipinski definition) is 3. The number of anilines is 1. The van der Waals surface area contributed by atoms with E-state index >= 15 is 0 Å². The van der Waals surface area contributed by atoms with Crippen molar-refractivity contribution in [1.29, 1.82) is 0 Å². The normalized spacial score (nSPS) is 10.2. The van der Waals surface area contributed by atoms with Crippen LogP contribution in [0.3, 0.4) is 0 Å². The number of carbonyl (C=O) groups is 2. The zero-order valence-electron chi connectivity index (χ0n) is 13.4. The van der Waals surface area contributed by atoms with Gasteiger partial charge >= 0.3 is 6.09 Å². The van der Waals surface area contributed by atoms with Crippen molar-refractivity contribution < 1.29 is 14.3 Å². The first kappa shape index (κ1) is 19.1. The highest BCUT2D eigenvalue weighted by molar-refractivity contribution is 6.35. The number of rotatable bonds is 7. The van der Waals surface area contributed by atoms with Gasteiger partial charge in [-0.25, -0.2) is 4.79 Å². The average molecular weight is 381 g/mol. The van der Waals surface area contributed by atoms with Gasteiger partial charge in [0.05, 0.1) is 10.7 Å². The average Bonchev–Trinajstić information content (AvgIpc) is 2.61. The summed E-state index contributed by atoms with van der Waals surface area (Å²) in [7, 11) is 0. The number of amides is 2. The lowest BCUT2D eigenvalue weighted by molar-refractivity contribution is -0.116. The van der Waals surface area contributed by atoms with Crippen LogP contribution in [-0.2, 0) is 16.1 Å². The van der Waals surface area contributed by atoms with Gasteiger partial charge in [0, 0.05) is 18.0 Å². The Balaban J connectivity index is 1.62. The molecule has 0 aliphatic carbocycles. The van der Waals surface area contributed by atoms with Crippen LogP contribution in [-0.4, -0.2) is 18.5 Å². The highest BCUT2D eigenvalue weighted by Crippen LogP contribution is 2.25. The summed E-state index contributed by atoms with van der Waals surface area (Å²) in [5.74, 6) is -0.205. The van der Waals surface area contributed by atoms with E-state index in [1.807, 2.05) is 30.3 Å². The Morgan fingerprint density at radius 2 is 1.80 bits per heavy atom. The summed E-state index contributed by atoms with van der Waals surface area (Å²) in [6.45, 7) is 0.546. The summed E-state index contributed by atoms with van der Waals surface area (Å²) in [5, 5.41) is 6.20. The summed E-state index contributed by atoms with van der Waals surface area (Å²) in [6.07, 6.45) is 0.203. The van der Waals surface area contributed by atoms with Gasteiger partial charge in [0.1, 0.15) is 6.61 Å². The molecule has 7 heteroatoms. The predicted molar refractivity (Wildman–Crippen MR) is 99.0 cm³/mol. The minimum Gasteiger partial charge on any atom is -0.445 e. The van der Waals surface area contributed by atoms with E-state index in [1.165, 1.54) is 0 Å². The Morgan fingerprint density at radius 3 is 2.56 bits per heavy atom. The van der Waals surface area contributed by atoms with Gasteiger partial charge in [0.25, 0.3) is 0 Å². The van der Waals surface area contributed by atoms with Crippen LogP contribution in [0, 0.1) is 0 Å². The van der Waals surface area contributed by atoms with Crippen molar-refractivity contribution in [3.63, 3.8) is 0 Å². The summed E-state index contributed by atoms with van der Waals surface area (Å²) in [5.41, 5.74) is 1.38. The van der Waals surface area contributed by atoms with E-state index in [2.05, 4.69) is 10.6 Å². The van der Waals surface area contributed by atoms with Crippen molar-refractivity contribution in [1.82, 2.24) is 5.32 Å². The maximum absolute atomic E-state index is 11.9. The summed E-state index contributed by atoms with van der Waals surface area (Å²) >= 11 is 11.8. The van der Waals surface area contributed by atoms with E-state index in [1.54, 1.807) is 18.2 Å². The summed E-state index contributed by atoms with van der Waals surface area (Å²) < 4.78 is 5.08. The van der Waals surface area contributed by atoms with Gasteiger partial charge in [-0.2, -0.15) is 0 Å². The second kappa shape index (κ2) is 9.91. The zero-order valence-corrected chi connectivity index (χ0v) is 14.9. The molecule has 0 heterocycles. The van der Waals surface area contributed by atoms with E-state index in [9.17, 15) is 9.59 Å². The molecular weight excluding hydrogens is 363 g/mol. The maximum atomic E-state index is 11.9. The van der Waals surface area contributed by atoms with E-state index in [0.717, 1.165) is 5.56 Å². The lowest BCUT2D eigenvalue weighted by atomic mass is 10.2. The SMILES string of the molecule is O=C(CCCNC(=O)OCc1ccccc1)Nc1cc(Cl)ccc1Cl. The largest absolute Gasteiger partial charge is 0.445 e. The molecule has 0 radical (unpaired) electrons. The first-order chi connectivity index (χ1) is 12.0. The molecule has 0 aliphatic heterocycles. The highest BCUT2D eigenvalue weighted by Gasteiger charge is 2.07. The molecule has 5 nitrogen and oxygen atoms in total. The van der Waals surface area contributed by atoms with Crippen LogP contribution in [0.2, 0.25) is 10.0 Å². The van der Waals surface area contributed by atoms with Gasteiger partial charge in [0.2, 0.25) is 5.91 Å². The van der Waals surface area contributed by atoms with E-state index in [0.29, 0.717) is 28.7 Å². The van der Waals surface area contributed by atoms with Gasteiger partial charge in [-0.3, -0.25) is 4.79 Å². The number of carbonyl (C=O) groups excluding carboxylic acids is 2. The van der Waals surface area contributed by atoms with Crippen molar-refractivity contribution >= 4 is 40.9 Å². The number of hydrogen-bond donors (Lipinski definition) is 2. The molecule has 0 spiro atoms. The molecule has 2 aromatic rings. The fraction of sp³-hybridized carbons (Fsp3) is 0.222. The van der Waals surface area contributed by atoms with Crippen LogP contribution < -0.4 is 10.6 Å². The van der Waals surface area contributed by atoms with Crippen LogP contribution in [0.1, 0.15) is 18.4 Å². The molecule has 0 unspecified atom stereocenters. The molecule has 0 saturated heterocycles. The van der Waals surface area contributed by atoms with Crippen molar-refractivity contribution in [2.75, 3.05) is 11.9 Å². The quantitative estimate of drug-likeness (QED) is 0.687. The molecule has 2 aromatic carbocycles. The minimum absolute atomic E-state index is 0.205. The lowest BCUT2D eigenvalue weighted by Crippen LogP contribution is -2.26. The van der Waals surface area contributed by atoms with Crippen molar-refractivity contribution in [3.8, 4) is 0 Å². The number of halogens is 2. The van der Waals surface area contributed by atoms with Crippen LogP contribution in [0.25, 0.3) is 0 Å². The topological polar surface area (TPSA) is 67.4 Å². The lowest BCUT2D eigenvalue weighted by Gasteiger charge is -2.09. The molecule has 0 bridgehead atoms. The monoisotopic (exact) mass is 380 g/mol. The standard InChI is InChI=1S/C18H18Cl2N2O3/c19-14-8-9-15(20)16(11-14)22-17(23)7-4-10-21-18(24)25-12-13-5-2-1-3-6-13/h1-3,5-6,8-9,11H,4,7,10,12H2,(H,21,24)(H,22,23). The molecule has 0 saturated carbocycles. The molecule has 0 atom stereocenters. The molecule has 132 valence electrons. The minimum atomic E-state index is -0.512. The van der Waals surface area contributed by atoms with Crippen LogP contribution in [0.4, 0.5) is 10.5 Å². The Morgan fingerprint density at radius 1 is 1.04 bits per heavy atom. The second-order valence-corrected chi connectivity index (χ2v) is 6.11. The van der Waals surface area contributed by atoms with Crippen LogP contribution in [0.5, 0.6) is 0 Å². The Kier molecular flexibility index (Phi) is 7.57. The molecule has 2 amide bonds. The zero-order chi connectivity index (χ0) is 18.1.